The molecule has 0 aliphatic carbocycles. The van der Waals surface area contributed by atoms with Crippen molar-refractivity contribution in [3.05, 3.63) is 111 Å². The Morgan fingerprint density at radius 2 is 1.62 bits per heavy atom. The summed E-state index contributed by atoms with van der Waals surface area (Å²) in [6.07, 6.45) is 1.85. The van der Waals surface area contributed by atoms with Crippen LogP contribution in [-0.2, 0) is 0 Å². The molecule has 3 heterocycles. The number of halogens is 1. The monoisotopic (exact) mass is 530 g/mol. The van der Waals surface area contributed by atoms with E-state index in [1.54, 1.807) is 0 Å². The van der Waals surface area contributed by atoms with Crippen molar-refractivity contribution in [3.8, 4) is 5.69 Å². The van der Waals surface area contributed by atoms with Crippen LogP contribution in [0.5, 0.6) is 0 Å². The van der Waals surface area contributed by atoms with Crippen molar-refractivity contribution in [1.82, 2.24) is 14.9 Å². The number of aromatic nitrogens is 2. The maximum absolute atomic E-state index is 5.93. The summed E-state index contributed by atoms with van der Waals surface area (Å²) in [5, 5.41) is 4.31. The van der Waals surface area contributed by atoms with Gasteiger partial charge < -0.3 is 14.8 Å². The number of nitrogens with zero attached hydrogens (tertiary/aromatic N) is 3. The van der Waals surface area contributed by atoms with Crippen LogP contribution in [-0.4, -0.2) is 14.7 Å². The largest absolute Gasteiger partial charge is 0.351 e. The Balaban J connectivity index is 1.71. The molecule has 1 fully saturated rings. The lowest BCUT2D eigenvalue weighted by atomic mass is 9.96. The van der Waals surface area contributed by atoms with E-state index in [0.29, 0.717) is 0 Å². The number of benzene rings is 2. The van der Waals surface area contributed by atoms with E-state index < -0.39 is 0 Å². The second-order valence-electron chi connectivity index (χ2n) is 8.96. The predicted molar refractivity (Wildman–Crippen MR) is 147 cm³/mol. The van der Waals surface area contributed by atoms with Crippen LogP contribution in [0.3, 0.4) is 0 Å². The average Bonchev–Trinajstić information content (AvgIpc) is 3.29. The van der Waals surface area contributed by atoms with Crippen LogP contribution >= 0.6 is 28.1 Å². The SMILES string of the molecule is Cc1cc(C)cc(N2C(=S)N[C@@H](c3ccccn3)[C@H]2c2cc(C)n(-c3ccccc3Br)c2C)c1. The average molecular weight is 532 g/mol. The van der Waals surface area contributed by atoms with Gasteiger partial charge in [-0.05, 0) is 115 Å². The highest BCUT2D eigenvalue weighted by atomic mass is 79.9. The highest BCUT2D eigenvalue weighted by Gasteiger charge is 2.42. The summed E-state index contributed by atoms with van der Waals surface area (Å²) in [5.74, 6) is 0. The number of hydrogen-bond donors (Lipinski definition) is 1. The summed E-state index contributed by atoms with van der Waals surface area (Å²) in [6, 6.07) is 23.2. The van der Waals surface area contributed by atoms with E-state index in [2.05, 4.69) is 107 Å². The van der Waals surface area contributed by atoms with E-state index >= 15 is 0 Å². The number of hydrogen-bond acceptors (Lipinski definition) is 2. The van der Waals surface area contributed by atoms with Crippen LogP contribution < -0.4 is 10.2 Å². The molecule has 2 aromatic carbocycles. The Kier molecular flexibility index (Phi) is 6.04. The fraction of sp³-hybridized carbons (Fsp3) is 0.214. The first-order chi connectivity index (χ1) is 16.3. The molecule has 0 bridgehead atoms. The second kappa shape index (κ2) is 9.01. The smallest absolute Gasteiger partial charge is 0.174 e. The summed E-state index contributed by atoms with van der Waals surface area (Å²) in [4.78, 5) is 6.97. The minimum Gasteiger partial charge on any atom is -0.351 e. The van der Waals surface area contributed by atoms with Crippen molar-refractivity contribution in [1.29, 1.82) is 0 Å². The van der Waals surface area contributed by atoms with Crippen LogP contribution in [0, 0.1) is 27.7 Å². The Bertz CT molecular complexity index is 1360. The number of thiocarbonyl (C=S) groups is 1. The third kappa shape index (κ3) is 3.95. The molecular formula is C28H27BrN4S. The number of anilines is 1. The molecule has 4 nitrogen and oxygen atoms in total. The number of aryl methyl sites for hydroxylation is 3. The molecule has 0 saturated carbocycles. The molecule has 1 N–H and O–H groups in total. The molecule has 0 spiro atoms. The maximum Gasteiger partial charge on any atom is 0.174 e. The van der Waals surface area contributed by atoms with Gasteiger partial charge in [-0.25, -0.2) is 0 Å². The number of rotatable bonds is 4. The van der Waals surface area contributed by atoms with Crippen LogP contribution in [0.25, 0.3) is 5.69 Å². The summed E-state index contributed by atoms with van der Waals surface area (Å²) < 4.78 is 3.38. The molecule has 1 aliphatic heterocycles. The van der Waals surface area contributed by atoms with Gasteiger partial charge in [0.15, 0.2) is 5.11 Å². The highest BCUT2D eigenvalue weighted by molar-refractivity contribution is 9.10. The van der Waals surface area contributed by atoms with Crippen molar-refractivity contribution in [3.63, 3.8) is 0 Å². The molecule has 4 aromatic rings. The van der Waals surface area contributed by atoms with Gasteiger partial charge in [0.1, 0.15) is 0 Å². The van der Waals surface area contributed by atoms with Crippen LogP contribution in [0.15, 0.2) is 77.4 Å². The van der Waals surface area contributed by atoms with Crippen LogP contribution in [0.2, 0.25) is 0 Å². The van der Waals surface area contributed by atoms with Crippen molar-refractivity contribution in [2.24, 2.45) is 0 Å². The van der Waals surface area contributed by atoms with Gasteiger partial charge >= 0.3 is 0 Å². The van der Waals surface area contributed by atoms with Gasteiger partial charge in [-0.1, -0.05) is 24.3 Å². The number of para-hydroxylation sites is 1. The van der Waals surface area contributed by atoms with Crippen LogP contribution in [0.1, 0.15) is 45.9 Å². The Morgan fingerprint density at radius 1 is 0.912 bits per heavy atom. The first kappa shape index (κ1) is 22.8. The molecule has 0 radical (unpaired) electrons. The lowest BCUT2D eigenvalue weighted by Crippen LogP contribution is -2.29. The summed E-state index contributed by atoms with van der Waals surface area (Å²) in [5.41, 5.74) is 9.25. The fourth-order valence-electron chi connectivity index (χ4n) is 5.13. The number of pyridine rings is 1. The molecule has 1 saturated heterocycles. The van der Waals surface area contributed by atoms with Gasteiger partial charge in [0.05, 0.1) is 23.5 Å². The first-order valence-electron chi connectivity index (χ1n) is 11.4. The highest BCUT2D eigenvalue weighted by Crippen LogP contribution is 2.44. The molecule has 172 valence electrons. The van der Waals surface area contributed by atoms with E-state index in [1.807, 2.05) is 24.4 Å². The van der Waals surface area contributed by atoms with Crippen molar-refractivity contribution in [2.75, 3.05) is 4.90 Å². The zero-order chi connectivity index (χ0) is 24.0. The van der Waals surface area contributed by atoms with Gasteiger partial charge in [0.2, 0.25) is 0 Å². The topological polar surface area (TPSA) is 33.1 Å². The Labute approximate surface area is 214 Å². The maximum atomic E-state index is 5.93. The number of nitrogens with one attached hydrogen (secondary N) is 1. The van der Waals surface area contributed by atoms with Crippen LogP contribution in [0.4, 0.5) is 5.69 Å². The summed E-state index contributed by atoms with van der Waals surface area (Å²) in [7, 11) is 0. The molecule has 0 amide bonds. The van der Waals surface area contributed by atoms with E-state index in [1.165, 1.54) is 28.1 Å². The summed E-state index contributed by atoms with van der Waals surface area (Å²) >= 11 is 9.68. The second-order valence-corrected chi connectivity index (χ2v) is 10.2. The Hall–Kier alpha value is -2.96. The van der Waals surface area contributed by atoms with E-state index in [-0.39, 0.29) is 12.1 Å². The van der Waals surface area contributed by atoms with E-state index in [0.717, 1.165) is 26.7 Å². The minimum atomic E-state index is -0.0670. The minimum absolute atomic E-state index is 0.0361. The Morgan fingerprint density at radius 3 is 2.29 bits per heavy atom. The molecule has 34 heavy (non-hydrogen) atoms. The van der Waals surface area contributed by atoms with Gasteiger partial charge in [0, 0.05) is 27.7 Å². The fourth-order valence-corrected chi connectivity index (χ4v) is 5.94. The molecular weight excluding hydrogens is 504 g/mol. The quantitative estimate of drug-likeness (QED) is 0.286. The van der Waals surface area contributed by atoms with E-state index in [9.17, 15) is 0 Å². The van der Waals surface area contributed by atoms with Crippen molar-refractivity contribution in [2.45, 2.75) is 39.8 Å². The zero-order valence-electron chi connectivity index (χ0n) is 19.7. The predicted octanol–water partition coefficient (Wildman–Crippen LogP) is 7.05. The summed E-state index contributed by atoms with van der Waals surface area (Å²) in [6.45, 7) is 8.62. The zero-order valence-corrected chi connectivity index (χ0v) is 22.1. The molecule has 1 aliphatic rings. The lowest BCUT2D eigenvalue weighted by molar-refractivity contribution is 0.565. The third-order valence-corrected chi connectivity index (χ3v) is 7.45. The molecule has 0 unspecified atom stereocenters. The normalized spacial score (nSPS) is 17.8. The standard InChI is InChI=1S/C28H27BrN4S/c1-17-13-18(2)15-21(14-17)33-27(26(31-28(33)34)24-10-7-8-12-30-24)22-16-19(3)32(20(22)4)25-11-6-5-9-23(25)29/h5-16,26-27H,1-4H3,(H,31,34)/t26-,27+/m0/s1. The molecule has 5 rings (SSSR count). The van der Waals surface area contributed by atoms with Gasteiger partial charge in [-0.15, -0.1) is 0 Å². The van der Waals surface area contributed by atoms with Gasteiger partial charge in [-0.3, -0.25) is 4.98 Å². The lowest BCUT2D eigenvalue weighted by Gasteiger charge is -2.29. The van der Waals surface area contributed by atoms with Gasteiger partial charge in [-0.2, -0.15) is 0 Å². The third-order valence-electron chi connectivity index (χ3n) is 6.46. The van der Waals surface area contributed by atoms with Gasteiger partial charge in [0.25, 0.3) is 0 Å². The molecule has 6 heteroatoms. The molecule has 2 atom stereocenters. The first-order valence-corrected chi connectivity index (χ1v) is 12.6. The van der Waals surface area contributed by atoms with Crippen molar-refractivity contribution < 1.29 is 0 Å². The van der Waals surface area contributed by atoms with Crippen molar-refractivity contribution >= 4 is 38.9 Å². The molecule has 2 aromatic heterocycles. The van der Waals surface area contributed by atoms with E-state index in [4.69, 9.17) is 17.2 Å².